The number of nitro benzene ring substituents is 1. The summed E-state index contributed by atoms with van der Waals surface area (Å²) >= 11 is 6.27. The van der Waals surface area contributed by atoms with Crippen molar-refractivity contribution in [1.29, 1.82) is 0 Å². The number of carbonyl (C=O) groups is 2. The van der Waals surface area contributed by atoms with E-state index in [1.807, 2.05) is 29.2 Å². The standard InChI is InChI=1S/C28H22ClFN4O4/c29-23-4-2-6-25-22(23)15-19(16-31-25)28(36)33-13-11-18(12-14-33)17-7-9-20(10-8-17)32-27(35)21-3-1-5-24(30)26(21)34(37)38/h1-10,15-16,18H,11-14H2,(H,32,35). The summed E-state index contributed by atoms with van der Waals surface area (Å²) in [7, 11) is 0. The average molecular weight is 533 g/mol. The number of pyridine rings is 1. The number of amides is 2. The second-order valence-electron chi connectivity index (χ2n) is 9.07. The molecular weight excluding hydrogens is 511 g/mol. The molecule has 1 fully saturated rings. The molecule has 0 bridgehead atoms. The first kappa shape index (κ1) is 25.3. The number of rotatable bonds is 5. The Balaban J connectivity index is 1.21. The van der Waals surface area contributed by atoms with Crippen molar-refractivity contribution in [3.8, 4) is 0 Å². The second kappa shape index (κ2) is 10.5. The molecule has 1 aromatic heterocycles. The van der Waals surface area contributed by atoms with Gasteiger partial charge in [-0.3, -0.25) is 24.7 Å². The molecule has 0 spiro atoms. The normalized spacial score (nSPS) is 13.9. The Bertz CT molecular complexity index is 1550. The molecule has 0 atom stereocenters. The van der Waals surface area contributed by atoms with Gasteiger partial charge in [-0.05, 0) is 66.8 Å². The van der Waals surface area contributed by atoms with Crippen LogP contribution in [0.25, 0.3) is 10.9 Å². The van der Waals surface area contributed by atoms with Crippen LogP contribution in [0.15, 0.2) is 72.9 Å². The van der Waals surface area contributed by atoms with Crippen LogP contribution in [0.2, 0.25) is 5.02 Å². The summed E-state index contributed by atoms with van der Waals surface area (Å²) in [4.78, 5) is 42.1. The number of para-hydroxylation sites is 1. The van der Waals surface area contributed by atoms with E-state index in [-0.39, 0.29) is 17.4 Å². The van der Waals surface area contributed by atoms with Crippen molar-refractivity contribution in [3.63, 3.8) is 0 Å². The predicted molar refractivity (Wildman–Crippen MR) is 142 cm³/mol. The summed E-state index contributed by atoms with van der Waals surface area (Å²) in [6.07, 6.45) is 3.13. The zero-order valence-corrected chi connectivity index (χ0v) is 20.8. The predicted octanol–water partition coefficient (Wildman–Crippen LogP) is 6.21. The summed E-state index contributed by atoms with van der Waals surface area (Å²) in [5.74, 6) is -1.68. The molecule has 1 saturated heterocycles. The molecule has 0 aliphatic carbocycles. The monoisotopic (exact) mass is 532 g/mol. The molecule has 1 aliphatic rings. The van der Waals surface area contributed by atoms with Gasteiger partial charge in [0.15, 0.2) is 0 Å². The minimum atomic E-state index is -1.07. The van der Waals surface area contributed by atoms with Gasteiger partial charge in [0.1, 0.15) is 5.56 Å². The Morgan fingerprint density at radius 2 is 1.76 bits per heavy atom. The summed E-state index contributed by atoms with van der Waals surface area (Å²) in [5, 5.41) is 15.1. The second-order valence-corrected chi connectivity index (χ2v) is 9.47. The van der Waals surface area contributed by atoms with Gasteiger partial charge in [0.05, 0.1) is 16.0 Å². The third kappa shape index (κ3) is 5.05. The lowest BCUT2D eigenvalue weighted by atomic mass is 9.89. The van der Waals surface area contributed by atoms with Crippen LogP contribution in [0.4, 0.5) is 15.8 Å². The van der Waals surface area contributed by atoms with Gasteiger partial charge in [0.2, 0.25) is 5.82 Å². The summed E-state index contributed by atoms with van der Waals surface area (Å²) in [6.45, 7) is 1.18. The van der Waals surface area contributed by atoms with Crippen molar-refractivity contribution in [2.24, 2.45) is 0 Å². The van der Waals surface area contributed by atoms with Crippen LogP contribution >= 0.6 is 11.6 Å². The largest absolute Gasteiger partial charge is 0.339 e. The fourth-order valence-electron chi connectivity index (χ4n) is 4.75. The number of likely N-dealkylation sites (tertiary alicyclic amines) is 1. The molecule has 192 valence electrons. The van der Waals surface area contributed by atoms with Crippen LogP contribution < -0.4 is 5.32 Å². The molecule has 10 heteroatoms. The minimum absolute atomic E-state index is 0.0812. The molecule has 0 radical (unpaired) electrons. The number of anilines is 1. The van der Waals surface area contributed by atoms with Crippen molar-refractivity contribution < 1.29 is 18.9 Å². The van der Waals surface area contributed by atoms with Crippen molar-refractivity contribution >= 4 is 45.7 Å². The van der Waals surface area contributed by atoms with Crippen LogP contribution in [0.5, 0.6) is 0 Å². The molecule has 0 unspecified atom stereocenters. The first-order chi connectivity index (χ1) is 18.3. The fraction of sp³-hybridized carbons (Fsp3) is 0.179. The minimum Gasteiger partial charge on any atom is -0.339 e. The Kier molecular flexibility index (Phi) is 7.02. The fourth-order valence-corrected chi connectivity index (χ4v) is 4.97. The molecular formula is C28H22ClFN4O4. The van der Waals surface area contributed by atoms with E-state index in [1.165, 1.54) is 12.1 Å². The molecule has 5 rings (SSSR count). The van der Waals surface area contributed by atoms with Crippen LogP contribution in [0, 0.1) is 15.9 Å². The number of hydrogen-bond acceptors (Lipinski definition) is 5. The molecule has 1 aliphatic heterocycles. The maximum Gasteiger partial charge on any atom is 0.317 e. The maximum absolute atomic E-state index is 13.9. The molecule has 8 nitrogen and oxygen atoms in total. The smallest absolute Gasteiger partial charge is 0.317 e. The van der Waals surface area contributed by atoms with E-state index < -0.39 is 22.3 Å². The number of carbonyl (C=O) groups excluding carboxylic acids is 2. The maximum atomic E-state index is 13.9. The highest BCUT2D eigenvalue weighted by atomic mass is 35.5. The van der Waals surface area contributed by atoms with Gasteiger partial charge in [0.25, 0.3) is 11.8 Å². The number of nitrogens with zero attached hydrogens (tertiary/aromatic N) is 3. The van der Waals surface area contributed by atoms with E-state index in [0.717, 1.165) is 35.4 Å². The van der Waals surface area contributed by atoms with E-state index in [2.05, 4.69) is 10.3 Å². The van der Waals surface area contributed by atoms with Crippen LogP contribution in [0.3, 0.4) is 0 Å². The third-order valence-electron chi connectivity index (χ3n) is 6.76. The third-order valence-corrected chi connectivity index (χ3v) is 7.09. The van der Waals surface area contributed by atoms with E-state index in [0.29, 0.717) is 29.4 Å². The number of benzene rings is 3. The van der Waals surface area contributed by atoms with Crippen molar-refractivity contribution in [1.82, 2.24) is 9.88 Å². The average Bonchev–Trinajstić information content (AvgIpc) is 2.93. The van der Waals surface area contributed by atoms with Crippen molar-refractivity contribution in [2.45, 2.75) is 18.8 Å². The highest BCUT2D eigenvalue weighted by molar-refractivity contribution is 6.35. The quantitative estimate of drug-likeness (QED) is 0.243. The zero-order chi connectivity index (χ0) is 26.8. The molecule has 1 N–H and O–H groups in total. The summed E-state index contributed by atoms with van der Waals surface area (Å²) < 4.78 is 13.9. The SMILES string of the molecule is O=C(Nc1ccc(C2CCN(C(=O)c3cnc4cccc(Cl)c4c3)CC2)cc1)c1cccc(F)c1[N+](=O)[O-]. The van der Waals surface area contributed by atoms with Crippen LogP contribution in [-0.2, 0) is 0 Å². The van der Waals surface area contributed by atoms with Crippen molar-refractivity contribution in [2.75, 3.05) is 18.4 Å². The highest BCUT2D eigenvalue weighted by Crippen LogP contribution is 2.31. The summed E-state index contributed by atoms with van der Waals surface area (Å²) in [6, 6.07) is 17.8. The van der Waals surface area contributed by atoms with Crippen LogP contribution in [-0.4, -0.2) is 39.7 Å². The molecule has 2 amide bonds. The number of hydrogen-bond donors (Lipinski definition) is 1. The molecule has 2 heterocycles. The first-order valence-corrected chi connectivity index (χ1v) is 12.4. The Hall–Kier alpha value is -4.37. The van der Waals surface area contributed by atoms with E-state index in [9.17, 15) is 24.1 Å². The van der Waals surface area contributed by atoms with Crippen molar-refractivity contribution in [3.05, 3.63) is 111 Å². The Morgan fingerprint density at radius 1 is 1.05 bits per heavy atom. The zero-order valence-electron chi connectivity index (χ0n) is 20.1. The Labute approximate surface area is 222 Å². The van der Waals surface area contributed by atoms with Gasteiger partial charge < -0.3 is 10.2 Å². The van der Waals surface area contributed by atoms with E-state index in [4.69, 9.17) is 11.6 Å². The van der Waals surface area contributed by atoms with Gasteiger partial charge >= 0.3 is 5.69 Å². The Morgan fingerprint density at radius 3 is 2.47 bits per heavy atom. The van der Waals surface area contributed by atoms with E-state index >= 15 is 0 Å². The lowest BCUT2D eigenvalue weighted by Crippen LogP contribution is -2.38. The van der Waals surface area contributed by atoms with Gasteiger partial charge in [-0.2, -0.15) is 4.39 Å². The number of fused-ring (bicyclic) bond motifs is 1. The van der Waals surface area contributed by atoms with Gasteiger partial charge in [-0.1, -0.05) is 35.9 Å². The number of nitro groups is 1. The number of aromatic nitrogens is 1. The number of halogens is 2. The summed E-state index contributed by atoms with van der Waals surface area (Å²) in [5.41, 5.74) is 1.54. The number of piperidine rings is 1. The van der Waals surface area contributed by atoms with Gasteiger partial charge in [0, 0.05) is 35.4 Å². The van der Waals surface area contributed by atoms with Crippen LogP contribution in [0.1, 0.15) is 45.0 Å². The molecule has 4 aromatic rings. The highest BCUT2D eigenvalue weighted by Gasteiger charge is 2.26. The van der Waals surface area contributed by atoms with E-state index in [1.54, 1.807) is 30.5 Å². The molecule has 38 heavy (non-hydrogen) atoms. The molecule has 0 saturated carbocycles. The number of nitrogens with one attached hydrogen (secondary N) is 1. The molecule has 3 aromatic carbocycles. The lowest BCUT2D eigenvalue weighted by molar-refractivity contribution is -0.387. The van der Waals surface area contributed by atoms with Gasteiger partial charge in [-0.15, -0.1) is 0 Å². The van der Waals surface area contributed by atoms with Gasteiger partial charge in [-0.25, -0.2) is 0 Å². The lowest BCUT2D eigenvalue weighted by Gasteiger charge is -2.32. The first-order valence-electron chi connectivity index (χ1n) is 12.0. The topological polar surface area (TPSA) is 105 Å².